The zero-order chi connectivity index (χ0) is 19.8. The lowest BCUT2D eigenvalue weighted by molar-refractivity contribution is 0.872. The number of hydrogen-bond donors (Lipinski definition) is 2. The lowest BCUT2D eigenvalue weighted by atomic mass is 10.0. The van der Waals surface area contributed by atoms with Crippen LogP contribution in [0.2, 0.25) is 5.02 Å². The molecule has 0 spiro atoms. The minimum Gasteiger partial charge on any atom is -0.362 e. The molecule has 1 unspecified atom stereocenters. The SMILES string of the molecule is CC(Nc1ncnc2nc[nH]c12)c1cc2cccc(Cl)c2nc1-c1ccccn1. The van der Waals surface area contributed by atoms with Crippen molar-refractivity contribution in [3.63, 3.8) is 0 Å². The molecule has 142 valence electrons. The van der Waals surface area contributed by atoms with E-state index in [9.17, 15) is 0 Å². The third-order valence-corrected chi connectivity index (χ3v) is 5.08. The Morgan fingerprint density at radius 3 is 2.83 bits per heavy atom. The van der Waals surface area contributed by atoms with Gasteiger partial charge in [0.25, 0.3) is 0 Å². The topological polar surface area (TPSA) is 92.3 Å². The maximum absolute atomic E-state index is 6.40. The fraction of sp³-hybridized carbons (Fsp3) is 0.0952. The smallest absolute Gasteiger partial charge is 0.182 e. The standard InChI is InChI=1S/C21H16ClN7/c1-12(28-21-19-20(25-10-24-19)26-11-27-21)14-9-13-5-4-6-15(22)17(13)29-18(14)16-7-2-3-8-23-16/h2-12H,1H3,(H2,24,25,26,27,28). The van der Waals surface area contributed by atoms with Gasteiger partial charge in [0.2, 0.25) is 0 Å². The van der Waals surface area contributed by atoms with Crippen LogP contribution >= 0.6 is 11.6 Å². The molecular weight excluding hydrogens is 386 g/mol. The van der Waals surface area contributed by atoms with Crippen molar-refractivity contribution in [1.29, 1.82) is 0 Å². The Labute approximate surface area is 171 Å². The van der Waals surface area contributed by atoms with E-state index in [0.717, 1.165) is 33.4 Å². The summed E-state index contributed by atoms with van der Waals surface area (Å²) < 4.78 is 0. The lowest BCUT2D eigenvalue weighted by Crippen LogP contribution is -2.11. The van der Waals surface area contributed by atoms with Crippen molar-refractivity contribution in [2.45, 2.75) is 13.0 Å². The molecule has 2 N–H and O–H groups in total. The van der Waals surface area contributed by atoms with Crippen LogP contribution in [-0.2, 0) is 0 Å². The van der Waals surface area contributed by atoms with Gasteiger partial charge in [0.1, 0.15) is 11.8 Å². The Kier molecular flexibility index (Phi) is 4.29. The van der Waals surface area contributed by atoms with Crippen LogP contribution in [0.25, 0.3) is 33.5 Å². The molecule has 4 heterocycles. The third-order valence-electron chi connectivity index (χ3n) is 4.78. The molecular formula is C21H16ClN7. The van der Waals surface area contributed by atoms with Gasteiger partial charge in [-0.1, -0.05) is 29.8 Å². The monoisotopic (exact) mass is 401 g/mol. The van der Waals surface area contributed by atoms with E-state index >= 15 is 0 Å². The van der Waals surface area contributed by atoms with E-state index in [1.54, 1.807) is 12.5 Å². The van der Waals surface area contributed by atoms with Crippen LogP contribution in [0.1, 0.15) is 18.5 Å². The average molecular weight is 402 g/mol. The van der Waals surface area contributed by atoms with E-state index in [0.29, 0.717) is 16.5 Å². The summed E-state index contributed by atoms with van der Waals surface area (Å²) in [7, 11) is 0. The second kappa shape index (κ2) is 7.10. The summed E-state index contributed by atoms with van der Waals surface area (Å²) in [5.74, 6) is 0.679. The van der Waals surface area contributed by atoms with E-state index in [4.69, 9.17) is 16.6 Å². The summed E-state index contributed by atoms with van der Waals surface area (Å²) in [4.78, 5) is 25.2. The summed E-state index contributed by atoms with van der Waals surface area (Å²) in [6.07, 6.45) is 4.86. The molecule has 0 amide bonds. The normalized spacial score (nSPS) is 12.3. The molecule has 0 bridgehead atoms. The highest BCUT2D eigenvalue weighted by atomic mass is 35.5. The fourth-order valence-electron chi connectivity index (χ4n) is 3.37. The highest BCUT2D eigenvalue weighted by molar-refractivity contribution is 6.35. The number of aromatic nitrogens is 6. The quantitative estimate of drug-likeness (QED) is 0.449. The molecule has 0 saturated heterocycles. The Hall–Kier alpha value is -3.58. The zero-order valence-electron chi connectivity index (χ0n) is 15.5. The van der Waals surface area contributed by atoms with Crippen molar-refractivity contribution in [2.24, 2.45) is 0 Å². The molecule has 0 aliphatic carbocycles. The Balaban J connectivity index is 1.65. The van der Waals surface area contributed by atoms with Crippen LogP contribution in [0, 0.1) is 0 Å². The first kappa shape index (κ1) is 17.5. The van der Waals surface area contributed by atoms with Crippen molar-refractivity contribution in [3.8, 4) is 11.4 Å². The molecule has 0 aliphatic heterocycles. The number of H-pyrrole nitrogens is 1. The Bertz CT molecular complexity index is 1320. The van der Waals surface area contributed by atoms with Crippen molar-refractivity contribution in [3.05, 3.63) is 71.9 Å². The Morgan fingerprint density at radius 1 is 1.03 bits per heavy atom. The lowest BCUT2D eigenvalue weighted by Gasteiger charge is -2.19. The van der Waals surface area contributed by atoms with Crippen molar-refractivity contribution in [1.82, 2.24) is 29.9 Å². The minimum absolute atomic E-state index is 0.107. The number of benzene rings is 1. The fourth-order valence-corrected chi connectivity index (χ4v) is 3.60. The van der Waals surface area contributed by atoms with E-state index in [1.807, 2.05) is 36.4 Å². The molecule has 0 aliphatic rings. The first-order valence-electron chi connectivity index (χ1n) is 9.12. The average Bonchev–Trinajstić information content (AvgIpc) is 3.24. The van der Waals surface area contributed by atoms with Crippen LogP contribution in [0.3, 0.4) is 0 Å². The van der Waals surface area contributed by atoms with E-state index < -0.39 is 0 Å². The summed E-state index contributed by atoms with van der Waals surface area (Å²) >= 11 is 6.40. The summed E-state index contributed by atoms with van der Waals surface area (Å²) in [5.41, 5.74) is 4.68. The molecule has 7 nitrogen and oxygen atoms in total. The number of imidazole rings is 1. The van der Waals surface area contributed by atoms with E-state index in [-0.39, 0.29) is 6.04 Å². The predicted molar refractivity (Wildman–Crippen MR) is 114 cm³/mol. The van der Waals surface area contributed by atoms with E-state index in [2.05, 4.69) is 43.2 Å². The van der Waals surface area contributed by atoms with E-state index in [1.165, 1.54) is 6.33 Å². The highest BCUT2D eigenvalue weighted by Crippen LogP contribution is 2.33. The van der Waals surface area contributed by atoms with Crippen molar-refractivity contribution >= 4 is 39.5 Å². The number of anilines is 1. The van der Waals surface area contributed by atoms with Gasteiger partial charge in [-0.3, -0.25) is 4.98 Å². The second-order valence-corrected chi connectivity index (χ2v) is 7.05. The second-order valence-electron chi connectivity index (χ2n) is 6.64. The zero-order valence-corrected chi connectivity index (χ0v) is 16.2. The van der Waals surface area contributed by atoms with Gasteiger partial charge >= 0.3 is 0 Å². The van der Waals surface area contributed by atoms with Gasteiger partial charge in [-0.25, -0.2) is 19.9 Å². The molecule has 0 saturated carbocycles. The molecule has 29 heavy (non-hydrogen) atoms. The van der Waals surface area contributed by atoms with Crippen LogP contribution in [0.4, 0.5) is 5.82 Å². The van der Waals surface area contributed by atoms with Crippen LogP contribution in [0.5, 0.6) is 0 Å². The van der Waals surface area contributed by atoms with Gasteiger partial charge in [-0.15, -0.1) is 0 Å². The maximum Gasteiger partial charge on any atom is 0.182 e. The molecule has 4 aromatic heterocycles. The van der Waals surface area contributed by atoms with Crippen LogP contribution < -0.4 is 5.32 Å². The van der Waals surface area contributed by atoms with Crippen molar-refractivity contribution < 1.29 is 0 Å². The number of fused-ring (bicyclic) bond motifs is 2. The number of hydrogen-bond acceptors (Lipinski definition) is 6. The summed E-state index contributed by atoms with van der Waals surface area (Å²) in [6.45, 7) is 2.06. The van der Waals surface area contributed by atoms with Gasteiger partial charge in [-0.2, -0.15) is 0 Å². The molecule has 0 fully saturated rings. The number of nitrogens with one attached hydrogen (secondary N) is 2. The Morgan fingerprint density at radius 2 is 1.97 bits per heavy atom. The van der Waals surface area contributed by atoms with Gasteiger partial charge in [0.05, 0.1) is 34.3 Å². The first-order valence-corrected chi connectivity index (χ1v) is 9.49. The molecule has 0 radical (unpaired) electrons. The highest BCUT2D eigenvalue weighted by Gasteiger charge is 2.18. The summed E-state index contributed by atoms with van der Waals surface area (Å²) in [5, 5.41) is 5.03. The van der Waals surface area contributed by atoms with Gasteiger partial charge in [0.15, 0.2) is 11.5 Å². The number of nitrogens with zero attached hydrogens (tertiary/aromatic N) is 5. The predicted octanol–water partition coefficient (Wildman–Crippen LogP) is 4.79. The van der Waals surface area contributed by atoms with Gasteiger partial charge in [0, 0.05) is 17.1 Å². The number of pyridine rings is 2. The number of halogens is 1. The van der Waals surface area contributed by atoms with Crippen LogP contribution in [0.15, 0.2) is 61.3 Å². The van der Waals surface area contributed by atoms with Crippen molar-refractivity contribution in [2.75, 3.05) is 5.32 Å². The third kappa shape index (κ3) is 3.15. The number of rotatable bonds is 4. The number of para-hydroxylation sites is 1. The van der Waals surface area contributed by atoms with Gasteiger partial charge in [-0.05, 0) is 31.2 Å². The summed E-state index contributed by atoms with van der Waals surface area (Å²) in [6, 6.07) is 13.5. The molecule has 5 rings (SSSR count). The maximum atomic E-state index is 6.40. The minimum atomic E-state index is -0.107. The molecule has 8 heteroatoms. The van der Waals surface area contributed by atoms with Crippen LogP contribution in [-0.4, -0.2) is 29.9 Å². The number of aromatic amines is 1. The molecule has 1 aromatic carbocycles. The van der Waals surface area contributed by atoms with Gasteiger partial charge < -0.3 is 10.3 Å². The molecule has 5 aromatic rings. The first-order chi connectivity index (χ1) is 14.2. The largest absolute Gasteiger partial charge is 0.362 e. The molecule has 1 atom stereocenters.